The van der Waals surface area contributed by atoms with Gasteiger partial charge in [-0.25, -0.2) is 5.06 Å². The fourth-order valence-corrected chi connectivity index (χ4v) is 6.04. The highest BCUT2D eigenvalue weighted by atomic mass is 32.1. The van der Waals surface area contributed by atoms with E-state index in [0.717, 1.165) is 26.6 Å². The normalized spacial score (nSPS) is 20.9. The van der Waals surface area contributed by atoms with Gasteiger partial charge >= 0.3 is 0 Å². The lowest BCUT2D eigenvalue weighted by atomic mass is 9.95. The number of amides is 2. The number of thiophene rings is 1. The molecule has 2 amide bonds. The first kappa shape index (κ1) is 23.1. The highest BCUT2D eigenvalue weighted by Gasteiger charge is 2.60. The number of anilines is 1. The van der Waals surface area contributed by atoms with Gasteiger partial charge in [-0.2, -0.15) is 0 Å². The molecule has 6 rings (SSSR count). The fourth-order valence-electron chi connectivity index (χ4n) is 4.90. The van der Waals surface area contributed by atoms with E-state index < -0.39 is 23.0 Å². The number of imide groups is 1. The van der Waals surface area contributed by atoms with Gasteiger partial charge in [-0.05, 0) is 47.5 Å². The topological polar surface area (TPSA) is 93.0 Å². The summed E-state index contributed by atoms with van der Waals surface area (Å²) in [5.41, 5.74) is 2.49. The molecule has 0 unspecified atom stereocenters. The van der Waals surface area contributed by atoms with E-state index in [4.69, 9.17) is 4.84 Å². The molecular weight excluding hydrogens is 490 g/mol. The van der Waals surface area contributed by atoms with E-state index in [1.165, 1.54) is 28.4 Å². The number of non-ortho nitro benzene ring substituents is 1. The second-order valence-corrected chi connectivity index (χ2v) is 10.0. The lowest BCUT2D eigenvalue weighted by Gasteiger charge is -2.27. The van der Waals surface area contributed by atoms with Gasteiger partial charge in [0.1, 0.15) is 12.0 Å². The quantitative estimate of drug-likeness (QED) is 0.196. The van der Waals surface area contributed by atoms with E-state index >= 15 is 0 Å². The Bertz CT molecular complexity index is 1470. The predicted octanol–water partition coefficient (Wildman–Crippen LogP) is 5.37. The van der Waals surface area contributed by atoms with Crippen LogP contribution in [0.2, 0.25) is 0 Å². The molecule has 0 radical (unpaired) electrons. The van der Waals surface area contributed by atoms with Crippen molar-refractivity contribution in [1.82, 2.24) is 4.90 Å². The molecule has 3 aromatic carbocycles. The van der Waals surface area contributed by atoms with Crippen molar-refractivity contribution in [2.45, 2.75) is 18.7 Å². The molecule has 8 nitrogen and oxygen atoms in total. The Morgan fingerprint density at radius 3 is 2.19 bits per heavy atom. The Morgan fingerprint density at radius 1 is 0.838 bits per heavy atom. The maximum absolute atomic E-state index is 13.7. The number of rotatable bonds is 6. The van der Waals surface area contributed by atoms with Gasteiger partial charge in [-0.3, -0.25) is 29.4 Å². The zero-order chi connectivity index (χ0) is 25.5. The Labute approximate surface area is 216 Å². The Hall–Kier alpha value is -4.34. The first-order chi connectivity index (χ1) is 18.0. The van der Waals surface area contributed by atoms with Gasteiger partial charge in [0.05, 0.1) is 17.2 Å². The molecule has 2 saturated heterocycles. The number of benzene rings is 3. The Balaban J connectivity index is 1.36. The van der Waals surface area contributed by atoms with Crippen molar-refractivity contribution in [1.29, 1.82) is 0 Å². The molecule has 4 aromatic rings. The standard InChI is InChI=1S/C28H21N3O5S/c32-27-24-25(23-16-15-22(37-23)19-11-13-21(14-12-19)31(34)35)30(20-9-5-2-6-10-20)36-26(24)28(33)29(27)17-18-7-3-1-4-8-18/h1-16,24-26H,17H2/t24-,25+,26+/m1/s1. The Morgan fingerprint density at radius 2 is 1.51 bits per heavy atom. The van der Waals surface area contributed by atoms with Gasteiger partial charge in [-0.15, -0.1) is 11.3 Å². The lowest BCUT2D eigenvalue weighted by molar-refractivity contribution is -0.384. The molecular formula is C28H21N3O5S. The van der Waals surface area contributed by atoms with Crippen molar-refractivity contribution in [3.63, 3.8) is 0 Å². The zero-order valence-corrected chi connectivity index (χ0v) is 20.3. The number of nitrogens with zero attached hydrogens (tertiary/aromatic N) is 3. The minimum atomic E-state index is -0.911. The third kappa shape index (κ3) is 4.08. The van der Waals surface area contributed by atoms with Gasteiger partial charge in [0.2, 0.25) is 5.91 Å². The van der Waals surface area contributed by atoms with Crippen LogP contribution < -0.4 is 5.06 Å². The van der Waals surface area contributed by atoms with Gasteiger partial charge in [-0.1, -0.05) is 48.5 Å². The molecule has 2 aliphatic heterocycles. The predicted molar refractivity (Wildman–Crippen MR) is 138 cm³/mol. The Kier molecular flexibility index (Phi) is 5.78. The van der Waals surface area contributed by atoms with E-state index in [1.54, 1.807) is 17.2 Å². The summed E-state index contributed by atoms with van der Waals surface area (Å²) in [6.07, 6.45) is -0.911. The number of para-hydroxylation sites is 1. The number of hydrogen-bond donors (Lipinski definition) is 0. The van der Waals surface area contributed by atoms with E-state index in [0.29, 0.717) is 0 Å². The van der Waals surface area contributed by atoms with Crippen LogP contribution in [0, 0.1) is 16.0 Å². The van der Waals surface area contributed by atoms with Gasteiger partial charge in [0, 0.05) is 21.9 Å². The number of hydroxylamine groups is 1. The second kappa shape index (κ2) is 9.27. The third-order valence-electron chi connectivity index (χ3n) is 6.68. The smallest absolute Gasteiger partial charge is 0.269 e. The number of hydrogen-bond acceptors (Lipinski definition) is 7. The molecule has 9 heteroatoms. The highest BCUT2D eigenvalue weighted by Crippen LogP contribution is 2.49. The van der Waals surface area contributed by atoms with Gasteiger partial charge < -0.3 is 0 Å². The third-order valence-corrected chi connectivity index (χ3v) is 7.89. The van der Waals surface area contributed by atoms with E-state index in [-0.39, 0.29) is 24.0 Å². The molecule has 2 fully saturated rings. The summed E-state index contributed by atoms with van der Waals surface area (Å²) in [5, 5.41) is 12.7. The van der Waals surface area contributed by atoms with Gasteiger partial charge in [0.15, 0.2) is 6.10 Å². The molecule has 37 heavy (non-hydrogen) atoms. The lowest BCUT2D eigenvalue weighted by Crippen LogP contribution is -2.36. The van der Waals surface area contributed by atoms with Crippen LogP contribution >= 0.6 is 11.3 Å². The van der Waals surface area contributed by atoms with Crippen molar-refractivity contribution in [2.75, 3.05) is 5.06 Å². The SMILES string of the molecule is O=C1[C@H]2[C@H](ON(c3ccccc3)[C@H]2c2ccc(-c3ccc([N+](=O)[O-])cc3)s2)C(=O)N1Cc1ccccc1. The maximum atomic E-state index is 13.7. The van der Waals surface area contributed by atoms with E-state index in [1.807, 2.05) is 72.8 Å². The van der Waals surface area contributed by atoms with Crippen molar-refractivity contribution < 1.29 is 19.3 Å². The molecule has 1 aromatic heterocycles. The molecule has 0 N–H and O–H groups in total. The molecule has 0 bridgehead atoms. The molecule has 2 aliphatic rings. The summed E-state index contributed by atoms with van der Waals surface area (Å²) in [7, 11) is 0. The minimum absolute atomic E-state index is 0.0244. The van der Waals surface area contributed by atoms with Crippen molar-refractivity contribution in [2.24, 2.45) is 5.92 Å². The molecule has 0 saturated carbocycles. The van der Waals surface area contributed by atoms with Crippen LogP contribution in [0.1, 0.15) is 16.5 Å². The molecule has 0 aliphatic carbocycles. The summed E-state index contributed by atoms with van der Waals surface area (Å²) in [4.78, 5) is 46.9. The fraction of sp³-hybridized carbons (Fsp3) is 0.143. The molecule has 184 valence electrons. The van der Waals surface area contributed by atoms with Crippen LogP contribution in [0.4, 0.5) is 11.4 Å². The first-order valence-electron chi connectivity index (χ1n) is 11.8. The maximum Gasteiger partial charge on any atom is 0.269 e. The van der Waals surface area contributed by atoms with Crippen LogP contribution in [-0.4, -0.2) is 27.7 Å². The van der Waals surface area contributed by atoms with Crippen LogP contribution in [-0.2, 0) is 21.0 Å². The van der Waals surface area contributed by atoms with Crippen molar-refractivity contribution in [3.8, 4) is 10.4 Å². The average molecular weight is 512 g/mol. The van der Waals surface area contributed by atoms with Gasteiger partial charge in [0.25, 0.3) is 11.6 Å². The minimum Gasteiger partial charge on any atom is -0.275 e. The van der Waals surface area contributed by atoms with Crippen LogP contribution in [0.25, 0.3) is 10.4 Å². The summed E-state index contributed by atoms with van der Waals surface area (Å²) >= 11 is 1.48. The van der Waals surface area contributed by atoms with E-state index in [9.17, 15) is 19.7 Å². The zero-order valence-electron chi connectivity index (χ0n) is 19.5. The number of nitro benzene ring substituents is 1. The monoisotopic (exact) mass is 511 g/mol. The van der Waals surface area contributed by atoms with Crippen molar-refractivity contribution in [3.05, 3.63) is 118 Å². The summed E-state index contributed by atoms with van der Waals surface area (Å²) < 4.78 is 0. The van der Waals surface area contributed by atoms with Crippen LogP contribution in [0.15, 0.2) is 97.1 Å². The second-order valence-electron chi connectivity index (χ2n) is 8.91. The number of nitro groups is 1. The molecule has 0 spiro atoms. The largest absolute Gasteiger partial charge is 0.275 e. The number of likely N-dealkylation sites (tertiary alicyclic amines) is 1. The molecule has 3 heterocycles. The van der Waals surface area contributed by atoms with Crippen LogP contribution in [0.3, 0.4) is 0 Å². The first-order valence-corrected chi connectivity index (χ1v) is 12.6. The number of carbonyl (C=O) groups is 2. The number of fused-ring (bicyclic) bond motifs is 1. The average Bonchev–Trinajstić information content (AvgIpc) is 3.62. The van der Waals surface area contributed by atoms with Crippen LogP contribution in [0.5, 0.6) is 0 Å². The number of carbonyl (C=O) groups excluding carboxylic acids is 2. The molecule has 3 atom stereocenters. The summed E-state index contributed by atoms with van der Waals surface area (Å²) in [5.74, 6) is -1.29. The highest BCUT2D eigenvalue weighted by molar-refractivity contribution is 7.15. The van der Waals surface area contributed by atoms with E-state index in [2.05, 4.69) is 0 Å². The van der Waals surface area contributed by atoms with Crippen molar-refractivity contribution >= 4 is 34.5 Å². The summed E-state index contributed by atoms with van der Waals surface area (Å²) in [6, 6.07) is 28.6. The summed E-state index contributed by atoms with van der Waals surface area (Å²) in [6.45, 7) is 0.200.